The number of amides is 1. The number of benzene rings is 3. The van der Waals surface area contributed by atoms with Crippen molar-refractivity contribution < 1.29 is 19.0 Å². The lowest BCUT2D eigenvalue weighted by atomic mass is 9.77. The highest BCUT2D eigenvalue weighted by Crippen LogP contribution is 2.47. The van der Waals surface area contributed by atoms with Crippen LogP contribution in [0.25, 0.3) is 10.9 Å². The Bertz CT molecular complexity index is 2050. The number of hydrogen-bond donors (Lipinski definition) is 1. The van der Waals surface area contributed by atoms with Crippen LogP contribution in [0.3, 0.4) is 0 Å². The van der Waals surface area contributed by atoms with Crippen LogP contribution in [-0.2, 0) is 43.2 Å². The van der Waals surface area contributed by atoms with Crippen molar-refractivity contribution in [2.24, 2.45) is 20.0 Å². The van der Waals surface area contributed by atoms with Gasteiger partial charge >= 0.3 is 11.8 Å². The molecule has 5 aromatic rings. The fraction of sp³-hybridized carbons (Fsp3) is 0.342. The molecule has 48 heavy (non-hydrogen) atoms. The minimum atomic E-state index is -0.727. The van der Waals surface area contributed by atoms with Crippen LogP contribution in [-0.4, -0.2) is 37.9 Å². The van der Waals surface area contributed by atoms with Crippen LogP contribution in [0.2, 0.25) is 0 Å². The third-order valence-corrected chi connectivity index (χ3v) is 9.91. The molecule has 4 atom stereocenters. The van der Waals surface area contributed by atoms with Gasteiger partial charge in [0.2, 0.25) is 12.2 Å². The molecule has 0 fully saturated rings. The van der Waals surface area contributed by atoms with Crippen LogP contribution in [0.15, 0.2) is 94.5 Å². The number of hydrogen-bond acceptors (Lipinski definition) is 6. The first-order valence-electron chi connectivity index (χ1n) is 16.5. The summed E-state index contributed by atoms with van der Waals surface area (Å²) >= 11 is 0. The van der Waals surface area contributed by atoms with Crippen molar-refractivity contribution in [3.63, 3.8) is 0 Å². The minimum Gasteiger partial charge on any atom is -0.449 e. The van der Waals surface area contributed by atoms with Crippen molar-refractivity contribution in [2.75, 3.05) is 6.54 Å². The summed E-state index contributed by atoms with van der Waals surface area (Å²) < 4.78 is 21.3. The van der Waals surface area contributed by atoms with E-state index in [0.717, 1.165) is 37.9 Å². The first-order chi connectivity index (χ1) is 23.4. The Balaban J connectivity index is 1.30. The summed E-state index contributed by atoms with van der Waals surface area (Å²) in [6.07, 6.45) is 0.554. The Hall–Kier alpha value is -5.09. The number of para-hydroxylation sites is 1. The van der Waals surface area contributed by atoms with E-state index in [2.05, 4.69) is 18.0 Å². The SMILES string of the molecule is CC[C@H]1[C@H](OCc2ccccc2)Oc2c(c(=O)n(C)c(=O)n2C)[C@@H]1C[C@H]1c2[nH]c3ccccc3c2CCN1C(=O)OCc1ccccc1. The van der Waals surface area contributed by atoms with Gasteiger partial charge in [-0.05, 0) is 42.0 Å². The van der Waals surface area contributed by atoms with Crippen molar-refractivity contribution in [3.05, 3.63) is 134 Å². The Labute approximate surface area is 278 Å². The van der Waals surface area contributed by atoms with Crippen LogP contribution in [0, 0.1) is 5.92 Å². The van der Waals surface area contributed by atoms with Crippen molar-refractivity contribution >= 4 is 17.0 Å². The number of H-pyrrole nitrogens is 1. The van der Waals surface area contributed by atoms with E-state index in [-0.39, 0.29) is 18.4 Å². The lowest BCUT2D eigenvalue weighted by Crippen LogP contribution is -2.49. The van der Waals surface area contributed by atoms with Crippen molar-refractivity contribution in [1.82, 2.24) is 19.0 Å². The standard InChI is InChI=1S/C38H40N4O6/c1-4-26-29(32-34(43)40(2)37(44)41(3)35(32)48-36(26)46-22-24-13-7-5-8-14-24)21-31-33-28(27-17-11-12-18-30(27)39-33)19-20-42(31)38(45)47-23-25-15-9-6-10-16-25/h5-18,26,29,31,36,39H,4,19-23H2,1-3H3/t26-,29-,31+,36-/m1/s1. The van der Waals surface area contributed by atoms with Gasteiger partial charge in [0.1, 0.15) is 6.61 Å². The molecule has 2 aliphatic rings. The molecule has 1 amide bonds. The van der Waals surface area contributed by atoms with Gasteiger partial charge in [0, 0.05) is 49.1 Å². The largest absolute Gasteiger partial charge is 0.449 e. The van der Waals surface area contributed by atoms with E-state index in [1.807, 2.05) is 78.9 Å². The number of rotatable bonds is 8. The molecule has 1 N–H and O–H groups in total. The smallest absolute Gasteiger partial charge is 0.410 e. The summed E-state index contributed by atoms with van der Waals surface area (Å²) in [6, 6.07) is 27.2. The summed E-state index contributed by atoms with van der Waals surface area (Å²) in [7, 11) is 3.10. The van der Waals surface area contributed by atoms with Crippen LogP contribution >= 0.6 is 0 Å². The van der Waals surface area contributed by atoms with Crippen molar-refractivity contribution in [1.29, 1.82) is 0 Å². The molecular formula is C38H40N4O6. The Morgan fingerprint density at radius 2 is 1.56 bits per heavy atom. The maximum absolute atomic E-state index is 14.0. The van der Waals surface area contributed by atoms with Gasteiger partial charge in [-0.1, -0.05) is 85.8 Å². The quantitative estimate of drug-likeness (QED) is 0.223. The van der Waals surface area contributed by atoms with E-state index >= 15 is 0 Å². The average molecular weight is 649 g/mol. The normalized spacial score (nSPS) is 20.2. The van der Waals surface area contributed by atoms with Gasteiger partial charge in [0.05, 0.1) is 18.2 Å². The maximum Gasteiger partial charge on any atom is 0.410 e. The first kappa shape index (κ1) is 31.5. The second-order valence-electron chi connectivity index (χ2n) is 12.7. The molecule has 0 radical (unpaired) electrons. The molecule has 0 spiro atoms. The fourth-order valence-electron chi connectivity index (χ4n) is 7.42. The molecule has 10 nitrogen and oxygen atoms in total. The molecule has 10 heteroatoms. The number of aromatic amines is 1. The van der Waals surface area contributed by atoms with Gasteiger partial charge in [-0.3, -0.25) is 18.8 Å². The highest BCUT2D eigenvalue weighted by molar-refractivity contribution is 5.85. The zero-order valence-corrected chi connectivity index (χ0v) is 27.4. The summed E-state index contributed by atoms with van der Waals surface area (Å²) in [5.74, 6) is -0.443. The van der Waals surface area contributed by atoms with Crippen LogP contribution < -0.4 is 16.0 Å². The summed E-state index contributed by atoms with van der Waals surface area (Å²) in [5.41, 5.74) is 4.52. The average Bonchev–Trinajstić information content (AvgIpc) is 3.51. The maximum atomic E-state index is 14.0. The van der Waals surface area contributed by atoms with E-state index in [1.165, 1.54) is 11.6 Å². The molecule has 0 aliphatic carbocycles. The molecule has 7 rings (SSSR count). The molecule has 0 unspecified atom stereocenters. The molecule has 0 saturated heterocycles. The highest BCUT2D eigenvalue weighted by atomic mass is 16.7. The summed E-state index contributed by atoms with van der Waals surface area (Å²) in [6.45, 7) is 2.96. The van der Waals surface area contributed by atoms with Gasteiger partial charge in [0.15, 0.2) is 0 Å². The predicted octanol–water partition coefficient (Wildman–Crippen LogP) is 5.94. The van der Waals surface area contributed by atoms with Gasteiger partial charge in [0.25, 0.3) is 5.56 Å². The molecule has 248 valence electrons. The molecule has 0 saturated carbocycles. The zero-order valence-electron chi connectivity index (χ0n) is 27.4. The Morgan fingerprint density at radius 1 is 0.896 bits per heavy atom. The van der Waals surface area contributed by atoms with Gasteiger partial charge in [-0.2, -0.15) is 0 Å². The van der Waals surface area contributed by atoms with Crippen molar-refractivity contribution in [3.8, 4) is 5.88 Å². The second kappa shape index (κ2) is 13.2. The first-order valence-corrected chi connectivity index (χ1v) is 16.5. The number of aromatic nitrogens is 3. The number of carbonyl (C=O) groups is 1. The number of ether oxygens (including phenoxy) is 3. The van der Waals surface area contributed by atoms with Crippen LogP contribution in [0.4, 0.5) is 4.79 Å². The van der Waals surface area contributed by atoms with E-state index < -0.39 is 35.6 Å². The molecular weight excluding hydrogens is 608 g/mol. The molecule has 2 aromatic heterocycles. The summed E-state index contributed by atoms with van der Waals surface area (Å²) in [5, 5.41) is 1.12. The Morgan fingerprint density at radius 3 is 2.27 bits per heavy atom. The molecule has 2 aliphatic heterocycles. The molecule has 3 aromatic carbocycles. The highest BCUT2D eigenvalue weighted by Gasteiger charge is 2.45. The molecule has 4 heterocycles. The van der Waals surface area contributed by atoms with Gasteiger partial charge in [-0.15, -0.1) is 0 Å². The number of fused-ring (bicyclic) bond motifs is 4. The van der Waals surface area contributed by atoms with Crippen molar-refractivity contribution in [2.45, 2.75) is 57.6 Å². The number of nitrogens with zero attached hydrogens (tertiary/aromatic N) is 3. The van der Waals surface area contributed by atoms with E-state index in [0.29, 0.717) is 38.0 Å². The van der Waals surface area contributed by atoms with E-state index in [9.17, 15) is 14.4 Å². The third kappa shape index (κ3) is 5.70. The second-order valence-corrected chi connectivity index (χ2v) is 12.7. The zero-order chi connectivity index (χ0) is 33.4. The fourth-order valence-corrected chi connectivity index (χ4v) is 7.42. The van der Waals surface area contributed by atoms with E-state index in [4.69, 9.17) is 14.2 Å². The van der Waals surface area contributed by atoms with E-state index in [1.54, 1.807) is 11.9 Å². The van der Waals surface area contributed by atoms with Crippen LogP contribution in [0.5, 0.6) is 5.88 Å². The Kier molecular flexibility index (Phi) is 8.66. The monoisotopic (exact) mass is 648 g/mol. The lowest BCUT2D eigenvalue weighted by molar-refractivity contribution is -0.146. The van der Waals surface area contributed by atoms with Gasteiger partial charge < -0.3 is 19.2 Å². The topological polar surface area (TPSA) is 108 Å². The van der Waals surface area contributed by atoms with Crippen LogP contribution in [0.1, 0.15) is 59.7 Å². The van der Waals surface area contributed by atoms with Gasteiger partial charge in [-0.25, -0.2) is 9.59 Å². The molecule has 0 bridgehead atoms. The number of carbonyl (C=O) groups excluding carboxylic acids is 1. The summed E-state index contributed by atoms with van der Waals surface area (Å²) in [4.78, 5) is 46.4. The lowest BCUT2D eigenvalue weighted by Gasteiger charge is -2.42. The predicted molar refractivity (Wildman–Crippen MR) is 182 cm³/mol. The third-order valence-electron chi connectivity index (χ3n) is 9.91. The number of nitrogens with one attached hydrogen (secondary N) is 1. The minimum absolute atomic E-state index is 0.151.